The first kappa shape index (κ1) is 15.6. The Morgan fingerprint density at radius 1 is 1.21 bits per heavy atom. The average Bonchev–Trinajstić information content (AvgIpc) is 3.25. The highest BCUT2D eigenvalue weighted by molar-refractivity contribution is 5.92. The number of nitrogens with zero attached hydrogens (tertiary/aromatic N) is 4. The second-order valence-corrected chi connectivity index (χ2v) is 7.20. The Morgan fingerprint density at radius 3 is 2.67 bits per heavy atom. The van der Waals surface area contributed by atoms with Crippen molar-refractivity contribution in [2.75, 3.05) is 26.7 Å². The second-order valence-electron chi connectivity index (χ2n) is 7.20. The maximum Gasteiger partial charge on any atom is 0.272 e. The summed E-state index contributed by atoms with van der Waals surface area (Å²) in [6.07, 6.45) is 4.85. The van der Waals surface area contributed by atoms with Crippen molar-refractivity contribution in [1.82, 2.24) is 24.9 Å². The van der Waals surface area contributed by atoms with Crippen LogP contribution in [-0.2, 0) is 17.8 Å². The van der Waals surface area contributed by atoms with Gasteiger partial charge >= 0.3 is 0 Å². The van der Waals surface area contributed by atoms with Gasteiger partial charge in [0, 0.05) is 45.0 Å². The number of likely N-dealkylation sites (tertiary alicyclic amines) is 2. The minimum absolute atomic E-state index is 0.0442. The Labute approximate surface area is 142 Å². The van der Waals surface area contributed by atoms with Crippen LogP contribution in [0.15, 0.2) is 6.07 Å². The largest absolute Gasteiger partial charge is 0.348 e. The molecule has 2 amide bonds. The SMILES string of the molecule is CN1CC[C@@H](N2CCC(NC(=O)c3cc4n(n3)CCC4)CC2)C1=O. The lowest BCUT2D eigenvalue weighted by Gasteiger charge is -2.35. The summed E-state index contributed by atoms with van der Waals surface area (Å²) in [5.41, 5.74) is 1.71. The molecule has 1 atom stereocenters. The predicted molar refractivity (Wildman–Crippen MR) is 88.7 cm³/mol. The Bertz CT molecular complexity index is 626. The molecule has 2 fully saturated rings. The van der Waals surface area contributed by atoms with Crippen molar-refractivity contribution in [3.63, 3.8) is 0 Å². The zero-order valence-corrected chi connectivity index (χ0v) is 14.2. The highest BCUT2D eigenvalue weighted by Gasteiger charge is 2.36. The van der Waals surface area contributed by atoms with Gasteiger partial charge in [-0.25, -0.2) is 0 Å². The van der Waals surface area contributed by atoms with E-state index in [1.165, 1.54) is 5.69 Å². The molecule has 4 heterocycles. The summed E-state index contributed by atoms with van der Waals surface area (Å²) in [5.74, 6) is 0.178. The van der Waals surface area contributed by atoms with Gasteiger partial charge in [0.05, 0.1) is 6.04 Å². The molecule has 1 N–H and O–H groups in total. The molecular formula is C17H25N5O2. The van der Waals surface area contributed by atoms with E-state index in [-0.39, 0.29) is 23.9 Å². The van der Waals surface area contributed by atoms with Crippen molar-refractivity contribution in [3.05, 3.63) is 17.5 Å². The van der Waals surface area contributed by atoms with Crippen LogP contribution < -0.4 is 5.32 Å². The van der Waals surface area contributed by atoms with Gasteiger partial charge in [0.2, 0.25) is 5.91 Å². The summed E-state index contributed by atoms with van der Waals surface area (Å²) < 4.78 is 1.94. The molecule has 1 aromatic rings. The van der Waals surface area contributed by atoms with Crippen molar-refractivity contribution in [1.29, 1.82) is 0 Å². The van der Waals surface area contributed by atoms with E-state index in [4.69, 9.17) is 0 Å². The third-order valence-electron chi connectivity index (χ3n) is 5.60. The van der Waals surface area contributed by atoms with E-state index in [1.807, 2.05) is 22.7 Å². The van der Waals surface area contributed by atoms with Crippen LogP contribution in [0, 0.1) is 0 Å². The number of likely N-dealkylation sites (N-methyl/N-ethyl adjacent to an activating group) is 1. The summed E-state index contributed by atoms with van der Waals surface area (Å²) in [6.45, 7) is 3.51. The van der Waals surface area contributed by atoms with Gasteiger partial charge in [-0.1, -0.05) is 0 Å². The Balaban J connectivity index is 1.30. The zero-order valence-electron chi connectivity index (χ0n) is 14.2. The van der Waals surface area contributed by atoms with Crippen LogP contribution in [0.2, 0.25) is 0 Å². The van der Waals surface area contributed by atoms with Gasteiger partial charge in [0.25, 0.3) is 5.91 Å². The maximum atomic E-state index is 12.4. The van der Waals surface area contributed by atoms with Crippen LogP contribution in [0.4, 0.5) is 0 Å². The molecule has 2 saturated heterocycles. The number of piperidine rings is 1. The molecule has 0 spiro atoms. The quantitative estimate of drug-likeness (QED) is 0.862. The molecule has 130 valence electrons. The molecule has 0 aromatic carbocycles. The molecule has 7 nitrogen and oxygen atoms in total. The maximum absolute atomic E-state index is 12.4. The van der Waals surface area contributed by atoms with Crippen molar-refractivity contribution in [2.24, 2.45) is 0 Å². The van der Waals surface area contributed by atoms with Gasteiger partial charge in [-0.3, -0.25) is 19.2 Å². The first-order chi connectivity index (χ1) is 11.6. The fraction of sp³-hybridized carbons (Fsp3) is 0.706. The number of rotatable bonds is 3. The molecule has 0 bridgehead atoms. The molecule has 24 heavy (non-hydrogen) atoms. The van der Waals surface area contributed by atoms with E-state index >= 15 is 0 Å². The lowest BCUT2D eigenvalue weighted by Crippen LogP contribution is -2.50. The number of carbonyl (C=O) groups excluding carboxylic acids is 2. The van der Waals surface area contributed by atoms with E-state index < -0.39 is 0 Å². The van der Waals surface area contributed by atoms with E-state index in [9.17, 15) is 9.59 Å². The number of amides is 2. The lowest BCUT2D eigenvalue weighted by atomic mass is 10.0. The van der Waals surface area contributed by atoms with Gasteiger partial charge in [-0.05, 0) is 38.2 Å². The molecule has 0 unspecified atom stereocenters. The third kappa shape index (κ3) is 2.81. The molecule has 3 aliphatic heterocycles. The van der Waals surface area contributed by atoms with Gasteiger partial charge in [0.1, 0.15) is 5.69 Å². The van der Waals surface area contributed by atoms with Crippen LogP contribution in [0.1, 0.15) is 41.9 Å². The Morgan fingerprint density at radius 2 is 2.00 bits per heavy atom. The number of fused-ring (bicyclic) bond motifs is 1. The minimum atomic E-state index is -0.0629. The normalized spacial score (nSPS) is 25.3. The van der Waals surface area contributed by atoms with Crippen molar-refractivity contribution in [2.45, 2.75) is 50.7 Å². The molecule has 0 saturated carbocycles. The summed E-state index contributed by atoms with van der Waals surface area (Å²) in [7, 11) is 1.87. The zero-order chi connectivity index (χ0) is 16.7. The monoisotopic (exact) mass is 331 g/mol. The minimum Gasteiger partial charge on any atom is -0.348 e. The number of hydrogen-bond donors (Lipinski definition) is 1. The molecule has 3 aliphatic rings. The van der Waals surface area contributed by atoms with Crippen LogP contribution in [0.5, 0.6) is 0 Å². The number of aromatic nitrogens is 2. The van der Waals surface area contributed by atoms with E-state index in [1.54, 1.807) is 0 Å². The highest BCUT2D eigenvalue weighted by Crippen LogP contribution is 2.21. The summed E-state index contributed by atoms with van der Waals surface area (Å²) >= 11 is 0. The number of nitrogens with one attached hydrogen (secondary N) is 1. The van der Waals surface area contributed by atoms with Gasteiger partial charge in [0.15, 0.2) is 0 Å². The molecular weight excluding hydrogens is 306 g/mol. The number of aryl methyl sites for hydroxylation is 2. The standard InChI is InChI=1S/C17H25N5O2/c1-20-8-6-15(17(20)24)21-9-4-12(5-10-21)18-16(23)14-11-13-3-2-7-22(13)19-14/h11-12,15H,2-10H2,1H3,(H,18,23)/t15-/m1/s1. The fourth-order valence-corrected chi connectivity index (χ4v) is 4.13. The Kier molecular flexibility index (Phi) is 4.04. The van der Waals surface area contributed by atoms with Crippen LogP contribution in [0.25, 0.3) is 0 Å². The average molecular weight is 331 g/mol. The molecule has 0 aliphatic carbocycles. The topological polar surface area (TPSA) is 70.5 Å². The first-order valence-corrected chi connectivity index (χ1v) is 8.98. The van der Waals surface area contributed by atoms with Gasteiger partial charge in [-0.2, -0.15) is 5.10 Å². The number of hydrogen-bond acceptors (Lipinski definition) is 4. The van der Waals surface area contributed by atoms with Crippen molar-refractivity contribution < 1.29 is 9.59 Å². The van der Waals surface area contributed by atoms with E-state index in [0.29, 0.717) is 5.69 Å². The highest BCUT2D eigenvalue weighted by atomic mass is 16.2. The van der Waals surface area contributed by atoms with Crippen LogP contribution in [0.3, 0.4) is 0 Å². The van der Waals surface area contributed by atoms with Gasteiger partial charge in [-0.15, -0.1) is 0 Å². The van der Waals surface area contributed by atoms with Crippen LogP contribution in [-0.4, -0.2) is 70.2 Å². The summed E-state index contributed by atoms with van der Waals surface area (Å²) in [4.78, 5) is 28.6. The fourth-order valence-electron chi connectivity index (χ4n) is 4.13. The summed E-state index contributed by atoms with van der Waals surface area (Å²) in [6, 6.07) is 2.15. The lowest BCUT2D eigenvalue weighted by molar-refractivity contribution is -0.131. The summed E-state index contributed by atoms with van der Waals surface area (Å²) in [5, 5.41) is 7.51. The number of carbonyl (C=O) groups is 2. The van der Waals surface area contributed by atoms with E-state index in [0.717, 1.165) is 58.3 Å². The van der Waals surface area contributed by atoms with Crippen LogP contribution >= 0.6 is 0 Å². The van der Waals surface area contributed by atoms with E-state index in [2.05, 4.69) is 15.3 Å². The second kappa shape index (κ2) is 6.20. The first-order valence-electron chi connectivity index (χ1n) is 8.98. The Hall–Kier alpha value is -1.89. The molecule has 1 aromatic heterocycles. The molecule has 0 radical (unpaired) electrons. The molecule has 4 rings (SSSR count). The van der Waals surface area contributed by atoms with Crippen molar-refractivity contribution in [3.8, 4) is 0 Å². The predicted octanol–water partition coefficient (Wildman–Crippen LogP) is 0.254. The smallest absolute Gasteiger partial charge is 0.272 e. The van der Waals surface area contributed by atoms with Crippen molar-refractivity contribution >= 4 is 11.8 Å². The van der Waals surface area contributed by atoms with Gasteiger partial charge < -0.3 is 10.2 Å². The third-order valence-corrected chi connectivity index (χ3v) is 5.60. The molecule has 7 heteroatoms.